The molecule has 4 aromatic rings. The van der Waals surface area contributed by atoms with E-state index < -0.39 is 5.82 Å². The third-order valence-electron chi connectivity index (χ3n) is 4.11. The van der Waals surface area contributed by atoms with Gasteiger partial charge in [-0.3, -0.25) is 9.67 Å². The molecular weight excluding hydrogens is 353 g/mol. The maximum Gasteiger partial charge on any atom is 0.165 e. The highest BCUT2D eigenvalue weighted by atomic mass is 35.5. The number of nitrogens with zero attached hydrogens (tertiary/aromatic N) is 3. The van der Waals surface area contributed by atoms with Gasteiger partial charge in [-0.2, -0.15) is 5.10 Å². The van der Waals surface area contributed by atoms with Crippen LogP contribution in [0.2, 0.25) is 5.02 Å². The molecule has 26 heavy (non-hydrogen) atoms. The molecule has 130 valence electrons. The number of pyridine rings is 1. The predicted molar refractivity (Wildman–Crippen MR) is 100 cm³/mol. The number of ether oxygens (including phenoxy) is 1. The fraction of sp³-hybridized carbons (Fsp3) is 0.100. The Hall–Kier alpha value is -2.92. The first-order chi connectivity index (χ1) is 13.0. The summed E-state index contributed by atoms with van der Waals surface area (Å²) in [7, 11) is 1.43. The van der Waals surface area contributed by atoms with Gasteiger partial charge >= 0.3 is 0 Å². The molecule has 2 aromatic heterocycles. The molecule has 0 unspecified atom stereocenters. The van der Waals surface area contributed by atoms with Crippen LogP contribution in [0.25, 0.3) is 22.2 Å². The number of hydrogen-bond donors (Lipinski definition) is 0. The topological polar surface area (TPSA) is 39.9 Å². The highest BCUT2D eigenvalue weighted by Gasteiger charge is 2.08. The average molecular weight is 369 g/mol. The molecule has 2 aromatic carbocycles. The third kappa shape index (κ3) is 3.13. The lowest BCUT2D eigenvalue weighted by Crippen LogP contribution is -2.02. The fourth-order valence-corrected chi connectivity index (χ4v) is 2.96. The summed E-state index contributed by atoms with van der Waals surface area (Å²) in [6, 6.07) is 12.2. The van der Waals surface area contributed by atoms with Crippen molar-refractivity contribution in [1.82, 2.24) is 14.8 Å². The maximum atomic E-state index is 13.6. The molecular formula is C20H15ClFN3O. The van der Waals surface area contributed by atoms with Gasteiger partial charge in [0.15, 0.2) is 11.6 Å². The van der Waals surface area contributed by atoms with Crippen LogP contribution in [0.3, 0.4) is 0 Å². The second kappa shape index (κ2) is 6.77. The highest BCUT2D eigenvalue weighted by Crippen LogP contribution is 2.25. The Kier molecular flexibility index (Phi) is 3.99. The average Bonchev–Trinajstić information content (AvgIpc) is 3.05. The second-order valence-corrected chi connectivity index (χ2v) is 6.26. The molecule has 4 nitrogen and oxygen atoms in total. The SMILES string of the molecule is [2H]c1cc(Cl)cc2cnn(Cc3ccc(-c4ccc(F)c(OC)c4)nc3)c12. The van der Waals surface area contributed by atoms with Crippen molar-refractivity contribution in [2.24, 2.45) is 0 Å². The van der Waals surface area contributed by atoms with Crippen LogP contribution in [-0.2, 0) is 6.54 Å². The molecule has 0 radical (unpaired) electrons. The summed E-state index contributed by atoms with van der Waals surface area (Å²) in [6.45, 7) is 0.483. The summed E-state index contributed by atoms with van der Waals surface area (Å²) < 4.78 is 28.5. The summed E-state index contributed by atoms with van der Waals surface area (Å²) in [5, 5.41) is 5.71. The normalized spacial score (nSPS) is 11.6. The van der Waals surface area contributed by atoms with Crippen molar-refractivity contribution in [1.29, 1.82) is 0 Å². The molecule has 0 saturated carbocycles. The zero-order valence-corrected chi connectivity index (χ0v) is 14.7. The molecule has 0 N–H and O–H groups in total. The molecule has 0 fully saturated rings. The van der Waals surface area contributed by atoms with Crippen LogP contribution in [0.15, 0.2) is 60.9 Å². The summed E-state index contributed by atoms with van der Waals surface area (Å²) in [6.07, 6.45) is 3.45. The van der Waals surface area contributed by atoms with E-state index in [2.05, 4.69) is 10.1 Å². The predicted octanol–water partition coefficient (Wildman–Crippen LogP) is 4.95. The molecule has 0 aliphatic heterocycles. The third-order valence-corrected chi connectivity index (χ3v) is 4.33. The monoisotopic (exact) mass is 368 g/mol. The lowest BCUT2D eigenvalue weighted by atomic mass is 10.1. The van der Waals surface area contributed by atoms with Crippen molar-refractivity contribution >= 4 is 22.5 Å². The van der Waals surface area contributed by atoms with Crippen molar-refractivity contribution in [3.63, 3.8) is 0 Å². The zero-order valence-electron chi connectivity index (χ0n) is 14.9. The zero-order chi connectivity index (χ0) is 19.0. The first-order valence-corrected chi connectivity index (χ1v) is 8.33. The standard InChI is InChI=1S/C20H15ClFN3O/c1-26-20-9-14(3-5-17(20)22)18-6-2-13(10-23-18)12-25-19-7-4-16(21)8-15(19)11-24-25/h2-11H,12H2,1H3/i7D. The van der Waals surface area contributed by atoms with Crippen molar-refractivity contribution in [2.75, 3.05) is 7.11 Å². The van der Waals surface area contributed by atoms with Gasteiger partial charge in [-0.15, -0.1) is 0 Å². The number of benzene rings is 2. The van der Waals surface area contributed by atoms with E-state index in [1.54, 1.807) is 41.3 Å². The number of halogens is 2. The van der Waals surface area contributed by atoms with Crippen molar-refractivity contribution in [2.45, 2.75) is 6.54 Å². The number of hydrogen-bond acceptors (Lipinski definition) is 3. The number of aromatic nitrogens is 3. The molecule has 0 bridgehead atoms. The van der Waals surface area contributed by atoms with Crippen LogP contribution in [0.5, 0.6) is 5.75 Å². The molecule has 0 amide bonds. The van der Waals surface area contributed by atoms with E-state index in [9.17, 15) is 4.39 Å². The Morgan fingerprint density at radius 3 is 2.85 bits per heavy atom. The Morgan fingerprint density at radius 1 is 1.19 bits per heavy atom. The van der Waals surface area contributed by atoms with Crippen LogP contribution < -0.4 is 4.74 Å². The summed E-state index contributed by atoms with van der Waals surface area (Å²) in [4.78, 5) is 4.46. The fourth-order valence-electron chi connectivity index (χ4n) is 2.79. The quantitative estimate of drug-likeness (QED) is 0.511. The van der Waals surface area contributed by atoms with Crippen LogP contribution in [-0.4, -0.2) is 21.9 Å². The molecule has 0 aliphatic rings. The molecule has 0 saturated heterocycles. The van der Waals surface area contributed by atoms with Crippen molar-refractivity contribution < 1.29 is 10.5 Å². The molecule has 0 spiro atoms. The van der Waals surface area contributed by atoms with E-state index in [0.29, 0.717) is 17.6 Å². The minimum atomic E-state index is -0.408. The van der Waals surface area contributed by atoms with Crippen LogP contribution in [0, 0.1) is 5.82 Å². The molecule has 0 aliphatic carbocycles. The van der Waals surface area contributed by atoms with E-state index in [0.717, 1.165) is 27.7 Å². The van der Waals surface area contributed by atoms with Gasteiger partial charge < -0.3 is 4.74 Å². The van der Waals surface area contributed by atoms with Crippen LogP contribution in [0.1, 0.15) is 6.93 Å². The molecule has 2 heterocycles. The Bertz CT molecular complexity index is 1130. The van der Waals surface area contributed by atoms with Crippen molar-refractivity contribution in [3.8, 4) is 17.0 Å². The molecule has 6 heteroatoms. The van der Waals surface area contributed by atoms with Gasteiger partial charge in [-0.1, -0.05) is 17.7 Å². The van der Waals surface area contributed by atoms with Gasteiger partial charge in [0.1, 0.15) is 0 Å². The molecule has 0 atom stereocenters. The lowest BCUT2D eigenvalue weighted by Gasteiger charge is -2.07. The van der Waals surface area contributed by atoms with E-state index >= 15 is 0 Å². The summed E-state index contributed by atoms with van der Waals surface area (Å²) in [5.74, 6) is -0.224. The van der Waals surface area contributed by atoms with Gasteiger partial charge in [0.2, 0.25) is 0 Å². The smallest absolute Gasteiger partial charge is 0.165 e. The minimum absolute atomic E-state index is 0.183. The molecule has 4 rings (SSSR count). The van der Waals surface area contributed by atoms with Gasteiger partial charge in [-0.25, -0.2) is 4.39 Å². The Labute approximate surface area is 156 Å². The lowest BCUT2D eigenvalue weighted by molar-refractivity contribution is 0.387. The Balaban J connectivity index is 1.62. The van der Waals surface area contributed by atoms with E-state index in [1.165, 1.54) is 13.2 Å². The second-order valence-electron chi connectivity index (χ2n) is 5.83. The first-order valence-electron chi connectivity index (χ1n) is 8.45. The maximum absolute atomic E-state index is 13.6. The number of rotatable bonds is 4. The van der Waals surface area contributed by atoms with Crippen LogP contribution >= 0.6 is 11.6 Å². The Morgan fingerprint density at radius 2 is 2.08 bits per heavy atom. The largest absolute Gasteiger partial charge is 0.494 e. The van der Waals surface area contributed by atoms with Crippen LogP contribution in [0.4, 0.5) is 4.39 Å². The van der Waals surface area contributed by atoms with Crippen molar-refractivity contribution in [3.05, 3.63) is 77.3 Å². The van der Waals surface area contributed by atoms with Gasteiger partial charge in [-0.05, 0) is 48.0 Å². The summed E-state index contributed by atoms with van der Waals surface area (Å²) >= 11 is 6.00. The van der Waals surface area contributed by atoms with Gasteiger partial charge in [0.25, 0.3) is 0 Å². The van der Waals surface area contributed by atoms with Gasteiger partial charge in [0, 0.05) is 22.2 Å². The van der Waals surface area contributed by atoms with E-state index in [1.807, 2.05) is 12.1 Å². The highest BCUT2D eigenvalue weighted by molar-refractivity contribution is 6.31. The van der Waals surface area contributed by atoms with E-state index in [-0.39, 0.29) is 5.75 Å². The minimum Gasteiger partial charge on any atom is -0.494 e. The first kappa shape index (κ1) is 15.3. The number of methoxy groups -OCH3 is 1. The summed E-state index contributed by atoms with van der Waals surface area (Å²) in [5.41, 5.74) is 3.15. The van der Waals surface area contributed by atoms with Gasteiger partial charge in [0.05, 0.1) is 32.4 Å². The van der Waals surface area contributed by atoms with E-state index in [4.69, 9.17) is 17.7 Å². The number of fused-ring (bicyclic) bond motifs is 1.